The lowest BCUT2D eigenvalue weighted by Gasteiger charge is -2.37. The van der Waals surface area contributed by atoms with Gasteiger partial charge in [-0.25, -0.2) is 0 Å². The number of methoxy groups -OCH3 is 1. The molecule has 0 aromatic heterocycles. The average molecular weight is 495 g/mol. The molecule has 5 rings (SSSR count). The lowest BCUT2D eigenvalue weighted by Crippen LogP contribution is -2.44. The third-order valence-corrected chi connectivity index (χ3v) is 7.25. The molecule has 5 nitrogen and oxygen atoms in total. The van der Waals surface area contributed by atoms with Gasteiger partial charge in [-0.15, -0.1) is 0 Å². The molecule has 1 N–H and O–H groups in total. The van der Waals surface area contributed by atoms with Gasteiger partial charge in [0, 0.05) is 24.7 Å². The van der Waals surface area contributed by atoms with Crippen molar-refractivity contribution in [1.82, 2.24) is 5.32 Å². The molecule has 1 heterocycles. The van der Waals surface area contributed by atoms with Crippen molar-refractivity contribution in [3.05, 3.63) is 102 Å². The zero-order valence-electron chi connectivity index (χ0n) is 21.7. The van der Waals surface area contributed by atoms with Crippen molar-refractivity contribution in [3.63, 3.8) is 0 Å². The fourth-order valence-electron chi connectivity index (χ4n) is 5.13. The number of benzene rings is 4. The second kappa shape index (κ2) is 11.1. The van der Waals surface area contributed by atoms with Crippen LogP contribution in [0.3, 0.4) is 0 Å². The molecule has 4 aromatic rings. The van der Waals surface area contributed by atoms with E-state index in [0.29, 0.717) is 12.8 Å². The highest BCUT2D eigenvalue weighted by Gasteiger charge is 2.27. The summed E-state index contributed by atoms with van der Waals surface area (Å²) in [6.45, 7) is 5.75. The maximum atomic E-state index is 11.7. The molecule has 1 aliphatic rings. The van der Waals surface area contributed by atoms with Gasteiger partial charge in [0.15, 0.2) is 0 Å². The minimum Gasteiger partial charge on any atom is -0.485 e. The van der Waals surface area contributed by atoms with Crippen LogP contribution < -0.4 is 15.0 Å². The molecule has 2 atom stereocenters. The monoisotopic (exact) mass is 494 g/mol. The largest absolute Gasteiger partial charge is 0.485 e. The number of hydrogen-bond donors (Lipinski definition) is 1. The van der Waals surface area contributed by atoms with Gasteiger partial charge in [0.25, 0.3) is 0 Å². The number of hydrogen-bond acceptors (Lipinski definition) is 5. The number of para-hydroxylation sites is 2. The Hall–Kier alpha value is -3.83. The fraction of sp³-hybridized carbons (Fsp3) is 0.281. The Morgan fingerprint density at radius 2 is 1.84 bits per heavy atom. The Labute approximate surface area is 219 Å². The van der Waals surface area contributed by atoms with E-state index in [9.17, 15) is 4.79 Å². The molecule has 0 radical (unpaired) electrons. The van der Waals surface area contributed by atoms with E-state index in [-0.39, 0.29) is 18.1 Å². The maximum absolute atomic E-state index is 11.7. The zero-order chi connectivity index (χ0) is 25.8. The van der Waals surface area contributed by atoms with Crippen molar-refractivity contribution in [1.29, 1.82) is 0 Å². The van der Waals surface area contributed by atoms with Gasteiger partial charge >= 0.3 is 5.97 Å². The molecular formula is C32H34N2O3. The van der Waals surface area contributed by atoms with Crippen LogP contribution in [0.15, 0.2) is 84.9 Å². The van der Waals surface area contributed by atoms with Crippen molar-refractivity contribution in [2.45, 2.75) is 38.8 Å². The predicted octanol–water partition coefficient (Wildman–Crippen LogP) is 6.50. The number of fused-ring (bicyclic) bond motifs is 2. The van der Waals surface area contributed by atoms with Gasteiger partial charge < -0.3 is 19.7 Å². The number of ether oxygens (including phenoxy) is 2. The van der Waals surface area contributed by atoms with Crippen LogP contribution in [0.4, 0.5) is 11.4 Å². The van der Waals surface area contributed by atoms with Gasteiger partial charge in [-0.1, -0.05) is 60.7 Å². The molecule has 5 heteroatoms. The van der Waals surface area contributed by atoms with E-state index < -0.39 is 0 Å². The first kappa shape index (κ1) is 24.8. The Morgan fingerprint density at radius 1 is 1.05 bits per heavy atom. The van der Waals surface area contributed by atoms with E-state index >= 15 is 0 Å². The third-order valence-electron chi connectivity index (χ3n) is 7.25. The zero-order valence-corrected chi connectivity index (χ0v) is 21.7. The molecule has 37 heavy (non-hydrogen) atoms. The van der Waals surface area contributed by atoms with E-state index in [0.717, 1.165) is 35.8 Å². The first-order valence-corrected chi connectivity index (χ1v) is 12.9. The molecule has 0 fully saturated rings. The number of aryl methyl sites for hydroxylation is 2. The standard InChI is InChI=1S/C32H34N2O3/c1-22-15-17-26(19-25(22)16-18-32(35)36-3)34-21-27(37-31-14-7-6-13-30(31)34)20-33-23(2)28-12-8-10-24-9-4-5-11-29(24)28/h4-15,17,19,23,27,33H,16,18,20-21H2,1-3H3/t23-,27?/m1/s1. The van der Waals surface area contributed by atoms with Gasteiger partial charge in [-0.2, -0.15) is 0 Å². The highest BCUT2D eigenvalue weighted by molar-refractivity contribution is 5.86. The number of esters is 1. The van der Waals surface area contributed by atoms with Crippen LogP contribution >= 0.6 is 0 Å². The Bertz CT molecular complexity index is 1390. The molecule has 0 amide bonds. The first-order valence-electron chi connectivity index (χ1n) is 12.9. The average Bonchev–Trinajstić information content (AvgIpc) is 2.94. The summed E-state index contributed by atoms with van der Waals surface area (Å²) in [7, 11) is 1.44. The Balaban J connectivity index is 1.35. The summed E-state index contributed by atoms with van der Waals surface area (Å²) >= 11 is 0. The molecule has 0 saturated heterocycles. The molecule has 0 bridgehead atoms. The molecule has 1 aliphatic heterocycles. The van der Waals surface area contributed by atoms with Gasteiger partial charge in [0.1, 0.15) is 11.9 Å². The quantitative estimate of drug-likeness (QED) is 0.283. The predicted molar refractivity (Wildman–Crippen MR) is 150 cm³/mol. The molecule has 0 spiro atoms. The van der Waals surface area contributed by atoms with Crippen LogP contribution in [-0.2, 0) is 16.0 Å². The van der Waals surface area contributed by atoms with Crippen LogP contribution in [0.1, 0.15) is 36.1 Å². The Morgan fingerprint density at radius 3 is 2.70 bits per heavy atom. The van der Waals surface area contributed by atoms with Gasteiger partial charge in [0.2, 0.25) is 0 Å². The van der Waals surface area contributed by atoms with Crippen molar-refractivity contribution in [2.75, 3.05) is 25.1 Å². The SMILES string of the molecule is COC(=O)CCc1cc(N2CC(CN[C@H](C)c3cccc4ccccc34)Oc3ccccc32)ccc1C. The summed E-state index contributed by atoms with van der Waals surface area (Å²) in [5.41, 5.74) is 5.79. The lowest BCUT2D eigenvalue weighted by atomic mass is 9.99. The minimum absolute atomic E-state index is 0.0212. The number of anilines is 2. The van der Waals surface area contributed by atoms with E-state index in [1.807, 2.05) is 18.2 Å². The molecule has 1 unspecified atom stereocenters. The van der Waals surface area contributed by atoms with E-state index in [4.69, 9.17) is 9.47 Å². The summed E-state index contributed by atoms with van der Waals surface area (Å²) in [5.74, 6) is 0.697. The normalized spacial score (nSPS) is 15.6. The van der Waals surface area contributed by atoms with E-state index in [2.05, 4.69) is 90.8 Å². The van der Waals surface area contributed by atoms with E-state index in [1.54, 1.807) is 0 Å². The molecule has 4 aromatic carbocycles. The van der Waals surface area contributed by atoms with Gasteiger partial charge in [-0.3, -0.25) is 4.79 Å². The third kappa shape index (κ3) is 5.47. The summed E-state index contributed by atoms with van der Waals surface area (Å²) in [4.78, 5) is 14.1. The number of rotatable bonds is 8. The van der Waals surface area contributed by atoms with Gasteiger partial charge in [0.05, 0.1) is 19.3 Å². The van der Waals surface area contributed by atoms with Crippen molar-refractivity contribution in [3.8, 4) is 5.75 Å². The topological polar surface area (TPSA) is 50.8 Å². The molecule has 190 valence electrons. The second-order valence-corrected chi connectivity index (χ2v) is 9.70. The summed E-state index contributed by atoms with van der Waals surface area (Å²) < 4.78 is 11.3. The van der Waals surface area contributed by atoms with Crippen LogP contribution in [0.5, 0.6) is 5.75 Å². The van der Waals surface area contributed by atoms with Crippen LogP contribution in [-0.4, -0.2) is 32.3 Å². The Kier molecular flexibility index (Phi) is 7.42. The maximum Gasteiger partial charge on any atom is 0.305 e. The van der Waals surface area contributed by atoms with Crippen LogP contribution in [0.25, 0.3) is 10.8 Å². The summed E-state index contributed by atoms with van der Waals surface area (Å²) in [6.07, 6.45) is 1.01. The first-order chi connectivity index (χ1) is 18.0. The lowest BCUT2D eigenvalue weighted by molar-refractivity contribution is -0.140. The van der Waals surface area contributed by atoms with Crippen molar-refractivity contribution >= 4 is 28.1 Å². The summed E-state index contributed by atoms with van der Waals surface area (Å²) in [6, 6.07) is 29.9. The second-order valence-electron chi connectivity index (χ2n) is 9.70. The fourth-order valence-corrected chi connectivity index (χ4v) is 5.13. The summed E-state index contributed by atoms with van der Waals surface area (Å²) in [5, 5.41) is 6.25. The van der Waals surface area contributed by atoms with Crippen molar-refractivity contribution in [2.24, 2.45) is 0 Å². The number of carbonyl (C=O) groups is 1. The number of nitrogens with zero attached hydrogens (tertiary/aromatic N) is 1. The highest BCUT2D eigenvalue weighted by Crippen LogP contribution is 2.38. The number of nitrogens with one attached hydrogen (secondary N) is 1. The smallest absolute Gasteiger partial charge is 0.305 e. The minimum atomic E-state index is -0.187. The highest BCUT2D eigenvalue weighted by atomic mass is 16.5. The van der Waals surface area contributed by atoms with E-state index in [1.165, 1.54) is 29.0 Å². The molecular weight excluding hydrogens is 460 g/mol. The molecule has 0 saturated carbocycles. The van der Waals surface area contributed by atoms with Crippen molar-refractivity contribution < 1.29 is 14.3 Å². The van der Waals surface area contributed by atoms with Crippen LogP contribution in [0, 0.1) is 6.92 Å². The van der Waals surface area contributed by atoms with Crippen LogP contribution in [0.2, 0.25) is 0 Å². The van der Waals surface area contributed by atoms with Gasteiger partial charge in [-0.05, 0) is 72.0 Å². The molecule has 0 aliphatic carbocycles. The number of carbonyl (C=O) groups excluding carboxylic acids is 1.